The van der Waals surface area contributed by atoms with Gasteiger partial charge in [-0.2, -0.15) is 0 Å². The van der Waals surface area contributed by atoms with Crippen LogP contribution in [0.15, 0.2) is 54.6 Å². The molecule has 3 N–H and O–H groups in total. The molecule has 0 fully saturated rings. The molecule has 0 saturated carbocycles. The SMILES string of the molecule is Cc1sc(NC(=O)[C@H](C)Oc2ccc(-c3ccccc3)cc2)c(C(N)=O)c1C. The Kier molecular flexibility index (Phi) is 5.80. The Labute approximate surface area is 168 Å². The highest BCUT2D eigenvalue weighted by Crippen LogP contribution is 2.32. The first-order valence-electron chi connectivity index (χ1n) is 8.89. The van der Waals surface area contributed by atoms with Crippen molar-refractivity contribution in [2.75, 3.05) is 5.32 Å². The molecule has 3 rings (SSSR count). The van der Waals surface area contributed by atoms with Crippen LogP contribution in [0, 0.1) is 13.8 Å². The Morgan fingerprint density at radius 1 is 1.00 bits per heavy atom. The number of primary amides is 1. The highest BCUT2D eigenvalue weighted by atomic mass is 32.1. The van der Waals surface area contributed by atoms with E-state index in [0.717, 1.165) is 21.6 Å². The molecule has 0 unspecified atom stereocenters. The largest absolute Gasteiger partial charge is 0.481 e. The van der Waals surface area contributed by atoms with Crippen molar-refractivity contribution in [2.24, 2.45) is 5.73 Å². The summed E-state index contributed by atoms with van der Waals surface area (Å²) in [6.45, 7) is 5.36. The van der Waals surface area contributed by atoms with Crippen LogP contribution < -0.4 is 15.8 Å². The Morgan fingerprint density at radius 2 is 1.61 bits per heavy atom. The van der Waals surface area contributed by atoms with Gasteiger partial charge in [-0.25, -0.2) is 0 Å². The third kappa shape index (κ3) is 4.23. The van der Waals surface area contributed by atoms with E-state index in [-0.39, 0.29) is 5.91 Å². The first kappa shape index (κ1) is 19.6. The smallest absolute Gasteiger partial charge is 0.265 e. The van der Waals surface area contributed by atoms with Gasteiger partial charge in [-0.3, -0.25) is 9.59 Å². The number of hydrogen-bond donors (Lipinski definition) is 2. The molecule has 144 valence electrons. The van der Waals surface area contributed by atoms with Crippen LogP contribution >= 0.6 is 11.3 Å². The van der Waals surface area contributed by atoms with Gasteiger partial charge in [0.1, 0.15) is 10.8 Å². The molecule has 28 heavy (non-hydrogen) atoms. The summed E-state index contributed by atoms with van der Waals surface area (Å²) < 4.78 is 5.75. The molecule has 0 radical (unpaired) electrons. The molecule has 5 nitrogen and oxygen atoms in total. The molecule has 0 bridgehead atoms. The van der Waals surface area contributed by atoms with E-state index in [1.165, 1.54) is 11.3 Å². The molecule has 0 spiro atoms. The number of nitrogens with two attached hydrogens (primary N) is 1. The van der Waals surface area contributed by atoms with Crippen LogP contribution in [0.4, 0.5) is 5.00 Å². The van der Waals surface area contributed by atoms with Crippen molar-refractivity contribution in [3.05, 3.63) is 70.6 Å². The average molecular weight is 394 g/mol. The molecule has 2 amide bonds. The summed E-state index contributed by atoms with van der Waals surface area (Å²) in [5, 5.41) is 3.23. The van der Waals surface area contributed by atoms with E-state index in [2.05, 4.69) is 5.32 Å². The zero-order chi connectivity index (χ0) is 20.3. The molecule has 1 heterocycles. The summed E-state index contributed by atoms with van der Waals surface area (Å²) in [5.74, 6) is -0.297. The molecule has 0 saturated heterocycles. The van der Waals surface area contributed by atoms with Crippen molar-refractivity contribution in [3.63, 3.8) is 0 Å². The monoisotopic (exact) mass is 394 g/mol. The second-order valence-electron chi connectivity index (χ2n) is 6.49. The van der Waals surface area contributed by atoms with Gasteiger partial charge in [-0.15, -0.1) is 11.3 Å². The van der Waals surface area contributed by atoms with Crippen molar-refractivity contribution in [1.29, 1.82) is 0 Å². The number of benzene rings is 2. The maximum Gasteiger partial charge on any atom is 0.265 e. The standard InChI is InChI=1S/C22H22N2O3S/c1-13-15(3)28-22(19(13)20(23)25)24-21(26)14(2)27-18-11-9-17(10-12-18)16-7-5-4-6-8-16/h4-12,14H,1-3H3,(H2,23,25)(H,24,26)/t14-/m0/s1. The van der Waals surface area contributed by atoms with Gasteiger partial charge >= 0.3 is 0 Å². The van der Waals surface area contributed by atoms with Gasteiger partial charge in [0, 0.05) is 4.88 Å². The molecule has 2 aromatic carbocycles. The summed E-state index contributed by atoms with van der Waals surface area (Å²) >= 11 is 1.33. The summed E-state index contributed by atoms with van der Waals surface area (Å²) in [6.07, 6.45) is -0.731. The van der Waals surface area contributed by atoms with Crippen LogP contribution in [0.3, 0.4) is 0 Å². The van der Waals surface area contributed by atoms with Gasteiger partial charge in [0.25, 0.3) is 11.8 Å². The van der Waals surface area contributed by atoms with Crippen LogP contribution in [0.1, 0.15) is 27.7 Å². The van der Waals surface area contributed by atoms with Crippen molar-refractivity contribution in [1.82, 2.24) is 0 Å². The molecule has 0 aliphatic heterocycles. The van der Waals surface area contributed by atoms with Gasteiger partial charge in [0.2, 0.25) is 0 Å². The lowest BCUT2D eigenvalue weighted by molar-refractivity contribution is -0.122. The number of anilines is 1. The lowest BCUT2D eigenvalue weighted by Gasteiger charge is -2.15. The van der Waals surface area contributed by atoms with Crippen LogP contribution in [0.2, 0.25) is 0 Å². The Morgan fingerprint density at radius 3 is 2.21 bits per heavy atom. The van der Waals surface area contributed by atoms with E-state index < -0.39 is 12.0 Å². The number of rotatable bonds is 6. The predicted molar refractivity (Wildman–Crippen MR) is 113 cm³/mol. The lowest BCUT2D eigenvalue weighted by atomic mass is 10.1. The molecule has 1 aromatic heterocycles. The number of carbonyl (C=O) groups is 2. The fraction of sp³-hybridized carbons (Fsp3) is 0.182. The number of hydrogen-bond acceptors (Lipinski definition) is 4. The molecular weight excluding hydrogens is 372 g/mol. The Bertz CT molecular complexity index is 995. The number of amides is 2. The molecule has 3 aromatic rings. The first-order valence-corrected chi connectivity index (χ1v) is 9.71. The minimum absolute atomic E-state index is 0.337. The Balaban J connectivity index is 1.68. The fourth-order valence-corrected chi connectivity index (χ4v) is 3.91. The van der Waals surface area contributed by atoms with E-state index in [0.29, 0.717) is 16.3 Å². The van der Waals surface area contributed by atoms with Crippen LogP contribution in [-0.2, 0) is 4.79 Å². The maximum absolute atomic E-state index is 12.5. The quantitative estimate of drug-likeness (QED) is 0.644. The normalized spacial score (nSPS) is 11.7. The summed E-state index contributed by atoms with van der Waals surface area (Å²) in [5.41, 5.74) is 8.78. The average Bonchev–Trinajstić information content (AvgIpc) is 2.96. The minimum Gasteiger partial charge on any atom is -0.481 e. The lowest BCUT2D eigenvalue weighted by Crippen LogP contribution is -2.30. The second-order valence-corrected chi connectivity index (χ2v) is 7.72. The number of carbonyl (C=O) groups excluding carboxylic acids is 2. The van der Waals surface area contributed by atoms with Crippen molar-refractivity contribution in [2.45, 2.75) is 26.9 Å². The molecule has 0 aliphatic carbocycles. The van der Waals surface area contributed by atoms with Gasteiger partial charge < -0.3 is 15.8 Å². The maximum atomic E-state index is 12.5. The van der Waals surface area contributed by atoms with Gasteiger partial charge in [0.15, 0.2) is 6.10 Å². The van der Waals surface area contributed by atoms with Crippen molar-refractivity contribution >= 4 is 28.2 Å². The third-order valence-corrected chi connectivity index (χ3v) is 5.63. The van der Waals surface area contributed by atoms with Gasteiger partial charge in [0.05, 0.1) is 5.56 Å². The molecule has 0 aliphatic rings. The van der Waals surface area contributed by atoms with Crippen LogP contribution in [-0.4, -0.2) is 17.9 Å². The summed E-state index contributed by atoms with van der Waals surface area (Å²) in [6, 6.07) is 17.6. The predicted octanol–water partition coefficient (Wildman–Crippen LogP) is 4.54. The number of ether oxygens (including phenoxy) is 1. The first-order chi connectivity index (χ1) is 13.4. The van der Waals surface area contributed by atoms with E-state index in [9.17, 15) is 9.59 Å². The summed E-state index contributed by atoms with van der Waals surface area (Å²) in [4.78, 5) is 25.2. The topological polar surface area (TPSA) is 81.4 Å². The van der Waals surface area contributed by atoms with Gasteiger partial charge in [-0.1, -0.05) is 42.5 Å². The fourth-order valence-electron chi connectivity index (χ4n) is 2.84. The van der Waals surface area contributed by atoms with Crippen molar-refractivity contribution < 1.29 is 14.3 Å². The molecular formula is C22H22N2O3S. The number of aryl methyl sites for hydroxylation is 1. The Hall–Kier alpha value is -3.12. The third-order valence-electron chi connectivity index (χ3n) is 4.51. The highest BCUT2D eigenvalue weighted by molar-refractivity contribution is 7.16. The van der Waals surface area contributed by atoms with E-state index >= 15 is 0 Å². The minimum atomic E-state index is -0.731. The zero-order valence-corrected chi connectivity index (χ0v) is 16.8. The van der Waals surface area contributed by atoms with Crippen molar-refractivity contribution in [3.8, 4) is 16.9 Å². The van der Waals surface area contributed by atoms with E-state index in [1.807, 2.05) is 68.4 Å². The molecule has 1 atom stereocenters. The summed E-state index contributed by atoms with van der Waals surface area (Å²) in [7, 11) is 0. The highest BCUT2D eigenvalue weighted by Gasteiger charge is 2.22. The number of nitrogens with one attached hydrogen (secondary N) is 1. The molecule has 6 heteroatoms. The number of thiophene rings is 1. The van der Waals surface area contributed by atoms with E-state index in [1.54, 1.807) is 6.92 Å². The van der Waals surface area contributed by atoms with E-state index in [4.69, 9.17) is 10.5 Å². The zero-order valence-electron chi connectivity index (χ0n) is 16.0. The van der Waals surface area contributed by atoms with Crippen LogP contribution in [0.25, 0.3) is 11.1 Å². The van der Waals surface area contributed by atoms with Crippen LogP contribution in [0.5, 0.6) is 5.75 Å². The van der Waals surface area contributed by atoms with Gasteiger partial charge in [-0.05, 0) is 49.6 Å². The second kappa shape index (κ2) is 8.27.